The van der Waals surface area contributed by atoms with Crippen molar-refractivity contribution in [3.8, 4) is 0 Å². The molecule has 0 bridgehead atoms. The number of aromatic nitrogens is 4. The fourth-order valence-electron chi connectivity index (χ4n) is 4.80. The monoisotopic (exact) mass is 437 g/mol. The fourth-order valence-corrected chi connectivity index (χ4v) is 6.51. The number of carbonyl (C=O) groups is 1. The van der Waals surface area contributed by atoms with Crippen LogP contribution >= 0.6 is 0 Å². The Bertz CT molecular complexity index is 1200. The second kappa shape index (κ2) is 7.68. The van der Waals surface area contributed by atoms with Gasteiger partial charge in [0, 0.05) is 26.2 Å². The topological polar surface area (TPSA) is 116 Å². The maximum atomic E-state index is 13.4. The number of imidazole rings is 1. The SMILES string of the molecule is Cn1c(=O)c2c(ncn2CC(=O)N(C2CCCCC2)[C@H]2CCS(=O)(=O)C2)n(C)c1=O. The lowest BCUT2D eigenvalue weighted by Gasteiger charge is -2.38. The minimum atomic E-state index is -3.14. The van der Waals surface area contributed by atoms with E-state index in [1.54, 1.807) is 4.90 Å². The third-order valence-corrected chi connectivity index (χ3v) is 8.13. The normalized spacial score (nSPS) is 21.9. The summed E-state index contributed by atoms with van der Waals surface area (Å²) in [5, 5.41) is 0. The van der Waals surface area contributed by atoms with Crippen LogP contribution in [0.3, 0.4) is 0 Å². The zero-order valence-electron chi connectivity index (χ0n) is 17.3. The average Bonchev–Trinajstić information content (AvgIpc) is 3.29. The summed E-state index contributed by atoms with van der Waals surface area (Å²) in [6.07, 6.45) is 6.73. The zero-order chi connectivity index (χ0) is 21.6. The number of sulfone groups is 1. The molecule has 0 spiro atoms. The Hall–Kier alpha value is -2.43. The summed E-state index contributed by atoms with van der Waals surface area (Å²) in [4.78, 5) is 44.1. The van der Waals surface area contributed by atoms with Gasteiger partial charge in [-0.15, -0.1) is 0 Å². The van der Waals surface area contributed by atoms with Gasteiger partial charge in [0.1, 0.15) is 6.54 Å². The van der Waals surface area contributed by atoms with Gasteiger partial charge in [0.2, 0.25) is 5.91 Å². The van der Waals surface area contributed by atoms with Crippen molar-refractivity contribution in [2.45, 2.75) is 57.2 Å². The molecule has 0 aromatic carbocycles. The van der Waals surface area contributed by atoms with E-state index in [9.17, 15) is 22.8 Å². The van der Waals surface area contributed by atoms with E-state index in [2.05, 4.69) is 4.98 Å². The van der Waals surface area contributed by atoms with Gasteiger partial charge < -0.3 is 9.47 Å². The lowest BCUT2D eigenvalue weighted by Crippen LogP contribution is -2.50. The molecular formula is C19H27N5O5S. The lowest BCUT2D eigenvalue weighted by molar-refractivity contribution is -0.137. The van der Waals surface area contributed by atoms with Crippen LogP contribution in [0.15, 0.2) is 15.9 Å². The quantitative estimate of drug-likeness (QED) is 0.653. The molecule has 1 aliphatic carbocycles. The number of nitrogens with zero attached hydrogens (tertiary/aromatic N) is 5. The number of fused-ring (bicyclic) bond motifs is 1. The van der Waals surface area contributed by atoms with E-state index < -0.39 is 21.1 Å². The molecule has 2 fully saturated rings. The first kappa shape index (κ1) is 20.8. The summed E-state index contributed by atoms with van der Waals surface area (Å²) in [6.45, 7) is -0.114. The van der Waals surface area contributed by atoms with Gasteiger partial charge >= 0.3 is 5.69 Å². The van der Waals surface area contributed by atoms with Gasteiger partial charge in [-0.25, -0.2) is 18.2 Å². The molecule has 30 heavy (non-hydrogen) atoms. The summed E-state index contributed by atoms with van der Waals surface area (Å²) in [7, 11) is -0.218. The molecule has 2 aromatic rings. The summed E-state index contributed by atoms with van der Waals surface area (Å²) < 4.78 is 27.9. The number of carbonyl (C=O) groups excluding carboxylic acids is 1. The first-order valence-corrected chi connectivity index (χ1v) is 12.1. The fraction of sp³-hybridized carbons (Fsp3) is 0.684. The number of rotatable bonds is 4. The Morgan fingerprint density at radius 2 is 1.80 bits per heavy atom. The Kier molecular flexibility index (Phi) is 5.33. The molecule has 11 heteroatoms. The van der Waals surface area contributed by atoms with Crippen molar-refractivity contribution in [2.75, 3.05) is 11.5 Å². The van der Waals surface area contributed by atoms with E-state index in [4.69, 9.17) is 0 Å². The number of aryl methyl sites for hydroxylation is 1. The Labute approximate surface area is 174 Å². The zero-order valence-corrected chi connectivity index (χ0v) is 18.1. The molecular weight excluding hydrogens is 410 g/mol. The molecule has 1 saturated carbocycles. The minimum Gasteiger partial charge on any atom is -0.334 e. The highest BCUT2D eigenvalue weighted by Gasteiger charge is 2.38. The van der Waals surface area contributed by atoms with Crippen molar-refractivity contribution in [3.63, 3.8) is 0 Å². The Morgan fingerprint density at radius 1 is 1.10 bits per heavy atom. The molecule has 164 valence electrons. The van der Waals surface area contributed by atoms with Crippen molar-refractivity contribution in [2.24, 2.45) is 14.1 Å². The Morgan fingerprint density at radius 3 is 2.43 bits per heavy atom. The van der Waals surface area contributed by atoms with Crippen LogP contribution in [0.1, 0.15) is 38.5 Å². The van der Waals surface area contributed by atoms with Gasteiger partial charge in [-0.2, -0.15) is 0 Å². The third kappa shape index (κ3) is 3.59. The van der Waals surface area contributed by atoms with Crippen LogP contribution in [-0.2, 0) is 35.3 Å². The molecule has 0 radical (unpaired) electrons. The summed E-state index contributed by atoms with van der Waals surface area (Å²) in [5.74, 6) is -0.111. The van der Waals surface area contributed by atoms with Crippen molar-refractivity contribution in [3.05, 3.63) is 27.2 Å². The van der Waals surface area contributed by atoms with Crippen molar-refractivity contribution in [1.82, 2.24) is 23.6 Å². The highest BCUT2D eigenvalue weighted by Crippen LogP contribution is 2.28. The van der Waals surface area contributed by atoms with Crippen LogP contribution < -0.4 is 11.2 Å². The van der Waals surface area contributed by atoms with Gasteiger partial charge in [-0.3, -0.25) is 18.7 Å². The minimum absolute atomic E-state index is 0.00379. The largest absolute Gasteiger partial charge is 0.334 e. The van der Waals surface area contributed by atoms with E-state index in [-0.39, 0.29) is 47.2 Å². The molecule has 1 amide bonds. The highest BCUT2D eigenvalue weighted by atomic mass is 32.2. The van der Waals surface area contributed by atoms with E-state index in [1.807, 2.05) is 0 Å². The van der Waals surface area contributed by atoms with Crippen molar-refractivity contribution < 1.29 is 13.2 Å². The average molecular weight is 438 g/mol. The predicted molar refractivity (Wildman–Crippen MR) is 111 cm³/mol. The number of hydrogen-bond acceptors (Lipinski definition) is 6. The van der Waals surface area contributed by atoms with Gasteiger partial charge in [-0.05, 0) is 19.3 Å². The number of amides is 1. The molecule has 1 aliphatic heterocycles. The number of hydrogen-bond donors (Lipinski definition) is 0. The van der Waals surface area contributed by atoms with Gasteiger partial charge in [0.25, 0.3) is 5.56 Å². The molecule has 0 N–H and O–H groups in total. The van der Waals surface area contributed by atoms with E-state index in [1.165, 1.54) is 29.6 Å². The van der Waals surface area contributed by atoms with Crippen molar-refractivity contribution >= 4 is 26.9 Å². The maximum absolute atomic E-state index is 13.4. The van der Waals surface area contributed by atoms with E-state index >= 15 is 0 Å². The van der Waals surface area contributed by atoms with Crippen LogP contribution in [-0.4, -0.2) is 61.5 Å². The summed E-state index contributed by atoms with van der Waals surface area (Å²) >= 11 is 0. The van der Waals surface area contributed by atoms with Crippen LogP contribution in [0.2, 0.25) is 0 Å². The van der Waals surface area contributed by atoms with Crippen molar-refractivity contribution in [1.29, 1.82) is 0 Å². The van der Waals surface area contributed by atoms with Gasteiger partial charge in [0.05, 0.1) is 17.8 Å². The molecule has 3 heterocycles. The third-order valence-electron chi connectivity index (χ3n) is 6.38. The summed E-state index contributed by atoms with van der Waals surface area (Å²) in [6, 6.07) is -0.306. The van der Waals surface area contributed by atoms with Gasteiger partial charge in [0.15, 0.2) is 21.0 Å². The van der Waals surface area contributed by atoms with E-state index in [0.717, 1.165) is 36.7 Å². The molecule has 4 rings (SSSR count). The van der Waals surface area contributed by atoms with Crippen LogP contribution in [0, 0.1) is 0 Å². The molecule has 10 nitrogen and oxygen atoms in total. The molecule has 1 atom stereocenters. The second-order valence-electron chi connectivity index (χ2n) is 8.40. The second-order valence-corrected chi connectivity index (χ2v) is 10.6. The highest BCUT2D eigenvalue weighted by molar-refractivity contribution is 7.91. The maximum Gasteiger partial charge on any atom is 0.332 e. The smallest absolute Gasteiger partial charge is 0.332 e. The van der Waals surface area contributed by atoms with Crippen LogP contribution in [0.4, 0.5) is 0 Å². The molecule has 2 aliphatic rings. The molecule has 0 unspecified atom stereocenters. The standard InChI is InChI=1S/C19H27N5O5S/c1-21-17-16(18(26)22(2)19(21)27)23(12-20-17)10-15(25)24(13-6-4-3-5-7-13)14-8-9-30(28,29)11-14/h12-14H,3-11H2,1-2H3/t14-/m0/s1. The van der Waals surface area contributed by atoms with E-state index in [0.29, 0.717) is 6.42 Å². The molecule has 2 aromatic heterocycles. The predicted octanol–water partition coefficient (Wildman–Crippen LogP) is -0.218. The lowest BCUT2D eigenvalue weighted by atomic mass is 9.93. The van der Waals surface area contributed by atoms with Crippen LogP contribution in [0.5, 0.6) is 0 Å². The Balaban J connectivity index is 1.69. The molecule has 1 saturated heterocycles. The van der Waals surface area contributed by atoms with Gasteiger partial charge in [-0.1, -0.05) is 19.3 Å². The first-order valence-electron chi connectivity index (χ1n) is 10.3. The first-order chi connectivity index (χ1) is 14.2. The van der Waals surface area contributed by atoms with Crippen LogP contribution in [0.25, 0.3) is 11.2 Å². The summed E-state index contributed by atoms with van der Waals surface area (Å²) in [5.41, 5.74) is -0.575.